The van der Waals surface area contributed by atoms with Crippen molar-refractivity contribution in [1.82, 2.24) is 0 Å². The van der Waals surface area contributed by atoms with E-state index in [1.54, 1.807) is 18.2 Å². The summed E-state index contributed by atoms with van der Waals surface area (Å²) in [6.07, 6.45) is 0.792. The average molecular weight is 178 g/mol. The lowest BCUT2D eigenvalue weighted by atomic mass is 9.76. The summed E-state index contributed by atoms with van der Waals surface area (Å²) in [5.74, 6) is 0. The Morgan fingerprint density at radius 2 is 1.85 bits per heavy atom. The highest BCUT2D eigenvalue weighted by molar-refractivity contribution is 6.62. The van der Waals surface area contributed by atoms with Crippen LogP contribution in [0, 0.1) is 0 Å². The SMILES string of the molecule is COB(OC)c1ccccc1C=O. The summed E-state index contributed by atoms with van der Waals surface area (Å²) in [4.78, 5) is 10.7. The number of carbonyl (C=O) groups excluding carboxylic acids is 1. The highest BCUT2D eigenvalue weighted by Crippen LogP contribution is 1.96. The molecule has 0 atom stereocenters. The van der Waals surface area contributed by atoms with Crippen molar-refractivity contribution in [1.29, 1.82) is 0 Å². The first-order valence-electron chi connectivity index (χ1n) is 3.93. The molecule has 0 fully saturated rings. The number of hydrogen-bond acceptors (Lipinski definition) is 3. The minimum absolute atomic E-state index is 0.471. The maximum absolute atomic E-state index is 10.7. The largest absolute Gasteiger partial charge is 0.494 e. The number of aldehydes is 1. The summed E-state index contributed by atoms with van der Waals surface area (Å²) in [6.45, 7) is 0. The predicted octanol–water partition coefficient (Wildman–Crippen LogP) is 0.487. The molecule has 1 rings (SSSR count). The minimum Gasteiger partial charge on any atom is -0.410 e. The highest BCUT2D eigenvalue weighted by Gasteiger charge is 2.20. The molecule has 0 aliphatic carbocycles. The number of rotatable bonds is 4. The molecule has 0 aliphatic rings. The van der Waals surface area contributed by atoms with Crippen molar-refractivity contribution in [3.63, 3.8) is 0 Å². The molecule has 0 spiro atoms. The lowest BCUT2D eigenvalue weighted by molar-refractivity contribution is 0.112. The van der Waals surface area contributed by atoms with Crippen molar-refractivity contribution < 1.29 is 14.1 Å². The van der Waals surface area contributed by atoms with E-state index >= 15 is 0 Å². The highest BCUT2D eigenvalue weighted by atomic mass is 16.6. The maximum Gasteiger partial charge on any atom is 0.494 e. The van der Waals surface area contributed by atoms with Gasteiger partial charge in [-0.2, -0.15) is 0 Å². The van der Waals surface area contributed by atoms with Crippen molar-refractivity contribution in [2.75, 3.05) is 14.2 Å². The van der Waals surface area contributed by atoms with Crippen LogP contribution in [-0.4, -0.2) is 27.6 Å². The van der Waals surface area contributed by atoms with Gasteiger partial charge in [-0.05, 0) is 5.46 Å². The molecule has 0 saturated carbocycles. The zero-order valence-corrected chi connectivity index (χ0v) is 7.69. The Hall–Kier alpha value is -1.13. The Morgan fingerprint density at radius 3 is 2.38 bits per heavy atom. The maximum atomic E-state index is 10.7. The van der Waals surface area contributed by atoms with Gasteiger partial charge in [0.05, 0.1) is 0 Å². The predicted molar refractivity (Wildman–Crippen MR) is 51.2 cm³/mol. The quantitative estimate of drug-likeness (QED) is 0.497. The fraction of sp³-hybridized carbons (Fsp3) is 0.222. The summed E-state index contributed by atoms with van der Waals surface area (Å²) in [5.41, 5.74) is 1.35. The van der Waals surface area contributed by atoms with Gasteiger partial charge < -0.3 is 9.31 Å². The van der Waals surface area contributed by atoms with Crippen LogP contribution in [0.15, 0.2) is 24.3 Å². The van der Waals surface area contributed by atoms with E-state index in [0.29, 0.717) is 5.56 Å². The zero-order valence-electron chi connectivity index (χ0n) is 7.69. The van der Waals surface area contributed by atoms with Crippen LogP contribution in [0.1, 0.15) is 10.4 Å². The Kier molecular flexibility index (Phi) is 3.67. The second kappa shape index (κ2) is 4.79. The molecule has 0 radical (unpaired) electrons. The zero-order chi connectivity index (χ0) is 9.68. The molecule has 1 aromatic carbocycles. The van der Waals surface area contributed by atoms with E-state index < -0.39 is 7.12 Å². The van der Waals surface area contributed by atoms with Gasteiger partial charge in [-0.1, -0.05) is 24.3 Å². The van der Waals surface area contributed by atoms with Gasteiger partial charge in [0, 0.05) is 19.8 Å². The average Bonchev–Trinajstić information content (AvgIpc) is 2.20. The number of hydrogen-bond donors (Lipinski definition) is 0. The summed E-state index contributed by atoms with van der Waals surface area (Å²) < 4.78 is 10.1. The molecule has 3 nitrogen and oxygen atoms in total. The molecular formula is C9H11BO3. The van der Waals surface area contributed by atoms with E-state index in [1.165, 1.54) is 14.2 Å². The molecule has 4 heteroatoms. The molecular weight excluding hydrogens is 167 g/mol. The van der Waals surface area contributed by atoms with Crippen molar-refractivity contribution in [2.45, 2.75) is 0 Å². The molecule has 0 N–H and O–H groups in total. The molecule has 0 aliphatic heterocycles. The third kappa shape index (κ3) is 2.17. The summed E-state index contributed by atoms with van der Waals surface area (Å²) in [5, 5.41) is 0. The Balaban J connectivity index is 3.03. The van der Waals surface area contributed by atoms with Crippen molar-refractivity contribution in [2.24, 2.45) is 0 Å². The van der Waals surface area contributed by atoms with Gasteiger partial charge in [0.1, 0.15) is 6.29 Å². The molecule has 0 amide bonds. The summed E-state index contributed by atoms with van der Waals surface area (Å²) in [6, 6.07) is 7.18. The second-order valence-electron chi connectivity index (χ2n) is 2.55. The van der Waals surface area contributed by atoms with E-state index in [0.717, 1.165) is 11.7 Å². The fourth-order valence-corrected chi connectivity index (χ4v) is 1.18. The van der Waals surface area contributed by atoms with Crippen LogP contribution in [0.5, 0.6) is 0 Å². The number of carbonyl (C=O) groups is 1. The first kappa shape index (κ1) is 9.96. The van der Waals surface area contributed by atoms with Gasteiger partial charge in [-0.15, -0.1) is 0 Å². The van der Waals surface area contributed by atoms with E-state index in [2.05, 4.69) is 0 Å². The van der Waals surface area contributed by atoms with Gasteiger partial charge >= 0.3 is 7.12 Å². The first-order chi connectivity index (χ1) is 6.33. The third-order valence-corrected chi connectivity index (χ3v) is 1.81. The van der Waals surface area contributed by atoms with E-state index in [9.17, 15) is 4.79 Å². The normalized spacial score (nSPS) is 9.69. The van der Waals surface area contributed by atoms with Crippen LogP contribution >= 0.6 is 0 Å². The molecule has 68 valence electrons. The molecule has 0 bridgehead atoms. The topological polar surface area (TPSA) is 35.5 Å². The smallest absolute Gasteiger partial charge is 0.410 e. The lowest BCUT2D eigenvalue weighted by Crippen LogP contribution is -2.37. The van der Waals surface area contributed by atoms with Crippen LogP contribution in [-0.2, 0) is 9.31 Å². The van der Waals surface area contributed by atoms with E-state index in [1.807, 2.05) is 6.07 Å². The van der Waals surface area contributed by atoms with Gasteiger partial charge in [0.15, 0.2) is 0 Å². The van der Waals surface area contributed by atoms with Gasteiger partial charge in [-0.3, -0.25) is 4.79 Å². The van der Waals surface area contributed by atoms with E-state index in [4.69, 9.17) is 9.31 Å². The standard InChI is InChI=1S/C9H11BO3/c1-12-10(13-2)9-6-4-3-5-8(9)7-11/h3-7H,1-2H3. The monoisotopic (exact) mass is 178 g/mol. The minimum atomic E-state index is -0.471. The van der Waals surface area contributed by atoms with Gasteiger partial charge in [0.2, 0.25) is 0 Å². The van der Waals surface area contributed by atoms with Gasteiger partial charge in [0.25, 0.3) is 0 Å². The van der Waals surface area contributed by atoms with Crippen molar-refractivity contribution in [3.05, 3.63) is 29.8 Å². The first-order valence-corrected chi connectivity index (χ1v) is 3.93. The second-order valence-corrected chi connectivity index (χ2v) is 2.55. The van der Waals surface area contributed by atoms with Crippen molar-refractivity contribution >= 4 is 18.9 Å². The number of benzene rings is 1. The molecule has 0 saturated heterocycles. The molecule has 13 heavy (non-hydrogen) atoms. The third-order valence-electron chi connectivity index (χ3n) is 1.81. The van der Waals surface area contributed by atoms with Crippen LogP contribution in [0.3, 0.4) is 0 Å². The summed E-state index contributed by atoms with van der Waals surface area (Å²) in [7, 11) is 2.60. The molecule has 0 unspecified atom stereocenters. The van der Waals surface area contributed by atoms with E-state index in [-0.39, 0.29) is 0 Å². The molecule has 1 aromatic rings. The Labute approximate surface area is 77.8 Å². The lowest BCUT2D eigenvalue weighted by Gasteiger charge is -2.09. The van der Waals surface area contributed by atoms with Crippen LogP contribution in [0.4, 0.5) is 0 Å². The Morgan fingerprint density at radius 1 is 1.23 bits per heavy atom. The van der Waals surface area contributed by atoms with Crippen LogP contribution in [0.2, 0.25) is 0 Å². The van der Waals surface area contributed by atoms with Crippen molar-refractivity contribution in [3.8, 4) is 0 Å². The Bertz CT molecular complexity index is 284. The van der Waals surface area contributed by atoms with Crippen LogP contribution in [0.25, 0.3) is 0 Å². The molecule has 0 heterocycles. The molecule has 0 aromatic heterocycles. The van der Waals surface area contributed by atoms with Gasteiger partial charge in [-0.25, -0.2) is 0 Å². The fourth-order valence-electron chi connectivity index (χ4n) is 1.18. The summed E-state index contributed by atoms with van der Waals surface area (Å²) >= 11 is 0. The van der Waals surface area contributed by atoms with Crippen LogP contribution < -0.4 is 5.46 Å².